The maximum atomic E-state index is 13.6. The Hall–Kier alpha value is -3.28. The highest BCUT2D eigenvalue weighted by Gasteiger charge is 2.13. The van der Waals surface area contributed by atoms with E-state index in [0.29, 0.717) is 5.69 Å². The van der Waals surface area contributed by atoms with Crippen molar-refractivity contribution >= 4 is 17.7 Å². The van der Waals surface area contributed by atoms with E-state index in [-0.39, 0.29) is 5.56 Å². The Morgan fingerprint density at radius 2 is 1.89 bits per heavy atom. The van der Waals surface area contributed by atoms with Crippen molar-refractivity contribution in [2.24, 2.45) is 0 Å². The van der Waals surface area contributed by atoms with Gasteiger partial charge in [-0.1, -0.05) is 18.2 Å². The van der Waals surface area contributed by atoms with Crippen LogP contribution in [-0.4, -0.2) is 15.5 Å². The number of nitrogens with one attached hydrogen (secondary N) is 1. The van der Waals surface area contributed by atoms with Crippen molar-refractivity contribution in [1.29, 1.82) is 0 Å². The van der Waals surface area contributed by atoms with Gasteiger partial charge in [0, 0.05) is 42.1 Å². The van der Waals surface area contributed by atoms with E-state index in [1.165, 1.54) is 6.07 Å². The third kappa shape index (κ3) is 3.86. The molecule has 0 unspecified atom stereocenters. The molecule has 0 aliphatic carbocycles. The van der Waals surface area contributed by atoms with E-state index in [4.69, 9.17) is 0 Å². The van der Waals surface area contributed by atoms with Crippen LogP contribution in [0.25, 0.3) is 17.3 Å². The van der Waals surface area contributed by atoms with Crippen molar-refractivity contribution in [2.45, 2.75) is 25.8 Å². The Morgan fingerprint density at radius 1 is 1.11 bits per heavy atom. The molecule has 1 aliphatic rings. The quantitative estimate of drug-likeness (QED) is 0.661. The van der Waals surface area contributed by atoms with E-state index in [9.17, 15) is 13.6 Å². The van der Waals surface area contributed by atoms with Gasteiger partial charge in [0.05, 0.1) is 5.69 Å². The number of anilines is 1. The smallest absolute Gasteiger partial charge is 0.248 e. The summed E-state index contributed by atoms with van der Waals surface area (Å²) in [5.74, 6) is -0.806. The molecule has 0 atom stereocenters. The normalized spacial score (nSPS) is 13.5. The van der Waals surface area contributed by atoms with Crippen LogP contribution in [0.1, 0.15) is 24.2 Å². The first-order chi connectivity index (χ1) is 13.6. The maximum Gasteiger partial charge on any atom is 0.248 e. The number of imidazole rings is 1. The van der Waals surface area contributed by atoms with Crippen LogP contribution in [0.3, 0.4) is 0 Å². The highest BCUT2D eigenvalue weighted by Crippen LogP contribution is 2.25. The average molecular weight is 379 g/mol. The Kier molecular flexibility index (Phi) is 5.02. The molecule has 4 rings (SSSR count). The molecule has 1 aromatic heterocycles. The summed E-state index contributed by atoms with van der Waals surface area (Å²) in [5.41, 5.74) is 2.13. The highest BCUT2D eigenvalue weighted by atomic mass is 19.1. The maximum absolute atomic E-state index is 13.6. The standard InChI is InChI=1S/C22H19F2N3O/c23-18-7-4-8-19(24)17(18)10-11-22(28)25-16-6-3-5-15(13-16)20-14-27-12-2-1-9-21(27)26-20/h3-8,10-11,13-14H,1-2,9,12H2,(H,25,28)/b11-10-. The zero-order valence-electron chi connectivity index (χ0n) is 15.2. The van der Waals surface area contributed by atoms with Crippen molar-refractivity contribution in [3.05, 3.63) is 77.8 Å². The number of hydrogen-bond donors (Lipinski definition) is 1. The summed E-state index contributed by atoms with van der Waals surface area (Å²) in [5, 5.41) is 2.72. The molecule has 0 bridgehead atoms. The molecule has 2 aromatic carbocycles. The molecule has 6 heteroatoms. The summed E-state index contributed by atoms with van der Waals surface area (Å²) in [6.07, 6.45) is 7.58. The number of carbonyl (C=O) groups excluding carboxylic acids is 1. The van der Waals surface area contributed by atoms with Crippen molar-refractivity contribution in [2.75, 3.05) is 5.32 Å². The van der Waals surface area contributed by atoms with Crippen LogP contribution in [0.15, 0.2) is 54.7 Å². The Morgan fingerprint density at radius 3 is 2.68 bits per heavy atom. The first-order valence-corrected chi connectivity index (χ1v) is 9.20. The number of halogens is 2. The SMILES string of the molecule is O=C(/C=C\c1c(F)cccc1F)Nc1cccc(-c2cn3c(n2)CCCC3)c1. The molecule has 0 spiro atoms. The minimum absolute atomic E-state index is 0.241. The third-order valence-electron chi connectivity index (χ3n) is 4.74. The topological polar surface area (TPSA) is 46.9 Å². The summed E-state index contributed by atoms with van der Waals surface area (Å²) in [6, 6.07) is 10.9. The van der Waals surface area contributed by atoms with Crippen LogP contribution in [0.4, 0.5) is 14.5 Å². The highest BCUT2D eigenvalue weighted by molar-refractivity contribution is 6.02. The molecule has 1 aliphatic heterocycles. The second kappa shape index (κ2) is 7.76. The number of amides is 1. The van der Waals surface area contributed by atoms with Gasteiger partial charge in [-0.3, -0.25) is 4.79 Å². The lowest BCUT2D eigenvalue weighted by Gasteiger charge is -2.11. The van der Waals surface area contributed by atoms with Crippen LogP contribution in [0.2, 0.25) is 0 Å². The lowest BCUT2D eigenvalue weighted by Crippen LogP contribution is -2.08. The minimum atomic E-state index is -0.713. The Bertz CT molecular complexity index is 1010. The molecule has 0 saturated carbocycles. The monoisotopic (exact) mass is 379 g/mol. The number of carbonyl (C=O) groups is 1. The number of rotatable bonds is 4. The minimum Gasteiger partial charge on any atom is -0.334 e. The summed E-state index contributed by atoms with van der Waals surface area (Å²) in [7, 11) is 0. The molecule has 0 saturated heterocycles. The predicted octanol–water partition coefficient (Wildman–Crippen LogP) is 4.82. The van der Waals surface area contributed by atoms with Crippen LogP contribution >= 0.6 is 0 Å². The number of benzene rings is 2. The number of nitrogens with zero attached hydrogens (tertiary/aromatic N) is 2. The van der Waals surface area contributed by atoms with Gasteiger partial charge in [0.1, 0.15) is 17.5 Å². The fraction of sp³-hybridized carbons (Fsp3) is 0.182. The van der Waals surface area contributed by atoms with Gasteiger partial charge in [-0.25, -0.2) is 13.8 Å². The second-order valence-corrected chi connectivity index (χ2v) is 6.73. The second-order valence-electron chi connectivity index (χ2n) is 6.73. The average Bonchev–Trinajstić information content (AvgIpc) is 3.12. The van der Waals surface area contributed by atoms with E-state index < -0.39 is 17.5 Å². The summed E-state index contributed by atoms with van der Waals surface area (Å²) in [4.78, 5) is 16.8. The molecule has 142 valence electrons. The van der Waals surface area contributed by atoms with Crippen molar-refractivity contribution in [3.63, 3.8) is 0 Å². The van der Waals surface area contributed by atoms with Crippen LogP contribution in [0.5, 0.6) is 0 Å². The van der Waals surface area contributed by atoms with E-state index in [1.54, 1.807) is 6.07 Å². The third-order valence-corrected chi connectivity index (χ3v) is 4.74. The largest absolute Gasteiger partial charge is 0.334 e. The lowest BCUT2D eigenvalue weighted by atomic mass is 10.1. The Balaban J connectivity index is 1.49. The molecule has 2 heterocycles. The first kappa shape index (κ1) is 18.1. The summed E-state index contributed by atoms with van der Waals surface area (Å²) < 4.78 is 29.4. The zero-order valence-corrected chi connectivity index (χ0v) is 15.2. The molecule has 1 amide bonds. The van der Waals surface area contributed by atoms with Gasteiger partial charge in [-0.2, -0.15) is 0 Å². The summed E-state index contributed by atoms with van der Waals surface area (Å²) >= 11 is 0. The van der Waals surface area contributed by atoms with Gasteiger partial charge >= 0.3 is 0 Å². The number of aromatic nitrogens is 2. The van der Waals surface area contributed by atoms with Crippen LogP contribution < -0.4 is 5.32 Å². The van der Waals surface area contributed by atoms with Gasteiger partial charge in [0.15, 0.2) is 0 Å². The molecule has 1 N–H and O–H groups in total. The number of hydrogen-bond acceptors (Lipinski definition) is 2. The zero-order chi connectivity index (χ0) is 19.5. The van der Waals surface area contributed by atoms with Gasteiger partial charge in [0.2, 0.25) is 5.91 Å². The predicted molar refractivity (Wildman–Crippen MR) is 105 cm³/mol. The molecule has 0 fully saturated rings. The van der Waals surface area contributed by atoms with Gasteiger partial charge in [0.25, 0.3) is 0 Å². The number of fused-ring (bicyclic) bond motifs is 1. The number of aryl methyl sites for hydroxylation is 2. The van der Waals surface area contributed by atoms with Crippen LogP contribution in [-0.2, 0) is 17.8 Å². The lowest BCUT2D eigenvalue weighted by molar-refractivity contribution is -0.111. The van der Waals surface area contributed by atoms with Crippen molar-refractivity contribution < 1.29 is 13.6 Å². The Labute approximate surface area is 161 Å². The molecular weight excluding hydrogens is 360 g/mol. The fourth-order valence-corrected chi connectivity index (χ4v) is 3.32. The first-order valence-electron chi connectivity index (χ1n) is 9.20. The van der Waals surface area contributed by atoms with Gasteiger partial charge < -0.3 is 9.88 Å². The van der Waals surface area contributed by atoms with Gasteiger partial charge in [-0.05, 0) is 43.2 Å². The summed E-state index contributed by atoms with van der Waals surface area (Å²) in [6.45, 7) is 0.982. The van der Waals surface area contributed by atoms with E-state index in [1.807, 2.05) is 24.4 Å². The molecular formula is C22H19F2N3O. The van der Waals surface area contributed by atoms with Gasteiger partial charge in [-0.15, -0.1) is 0 Å². The fourth-order valence-electron chi connectivity index (χ4n) is 3.32. The van der Waals surface area contributed by atoms with Crippen LogP contribution in [0, 0.1) is 11.6 Å². The van der Waals surface area contributed by atoms with E-state index in [0.717, 1.165) is 67.2 Å². The molecule has 28 heavy (non-hydrogen) atoms. The van der Waals surface area contributed by atoms with E-state index >= 15 is 0 Å². The van der Waals surface area contributed by atoms with Crippen molar-refractivity contribution in [1.82, 2.24) is 9.55 Å². The molecule has 4 nitrogen and oxygen atoms in total. The molecule has 3 aromatic rings. The molecule has 0 radical (unpaired) electrons. The van der Waals surface area contributed by atoms with Crippen molar-refractivity contribution in [3.8, 4) is 11.3 Å². The van der Waals surface area contributed by atoms with E-state index in [2.05, 4.69) is 14.9 Å².